The maximum absolute atomic E-state index is 5.42. The SMILES string of the molecule is CC(C)Nc1ccc(CN)nc1. The summed E-state index contributed by atoms with van der Waals surface area (Å²) in [4.78, 5) is 4.16. The van der Waals surface area contributed by atoms with Gasteiger partial charge >= 0.3 is 0 Å². The molecule has 0 aromatic carbocycles. The highest BCUT2D eigenvalue weighted by Gasteiger charge is 1.95. The first-order valence-electron chi connectivity index (χ1n) is 4.14. The van der Waals surface area contributed by atoms with Gasteiger partial charge in [0.1, 0.15) is 0 Å². The summed E-state index contributed by atoms with van der Waals surface area (Å²) in [6, 6.07) is 4.37. The summed E-state index contributed by atoms with van der Waals surface area (Å²) in [6.45, 7) is 4.69. The topological polar surface area (TPSA) is 50.9 Å². The van der Waals surface area contributed by atoms with Crippen LogP contribution in [-0.4, -0.2) is 11.0 Å². The van der Waals surface area contributed by atoms with Crippen LogP contribution in [0.25, 0.3) is 0 Å². The second-order valence-corrected chi connectivity index (χ2v) is 3.04. The third kappa shape index (κ3) is 2.51. The molecule has 0 unspecified atom stereocenters. The third-order valence-electron chi connectivity index (χ3n) is 1.49. The molecule has 66 valence electrons. The lowest BCUT2D eigenvalue weighted by atomic mass is 10.3. The number of rotatable bonds is 3. The molecule has 3 N–H and O–H groups in total. The van der Waals surface area contributed by atoms with Crippen LogP contribution in [-0.2, 0) is 6.54 Å². The Balaban J connectivity index is 2.65. The molecule has 0 saturated heterocycles. The summed E-state index contributed by atoms with van der Waals surface area (Å²) < 4.78 is 0. The van der Waals surface area contributed by atoms with Crippen LogP contribution in [0.15, 0.2) is 18.3 Å². The third-order valence-corrected chi connectivity index (χ3v) is 1.49. The highest BCUT2D eigenvalue weighted by atomic mass is 14.9. The highest BCUT2D eigenvalue weighted by molar-refractivity contribution is 5.41. The molecule has 3 nitrogen and oxygen atoms in total. The van der Waals surface area contributed by atoms with Crippen molar-refractivity contribution in [2.24, 2.45) is 5.73 Å². The summed E-state index contributed by atoms with van der Waals surface area (Å²) in [5, 5.41) is 3.25. The number of nitrogens with zero attached hydrogens (tertiary/aromatic N) is 1. The Bertz CT molecular complexity index is 228. The van der Waals surface area contributed by atoms with E-state index >= 15 is 0 Å². The lowest BCUT2D eigenvalue weighted by Gasteiger charge is -2.09. The maximum Gasteiger partial charge on any atom is 0.0541 e. The molecule has 0 amide bonds. The van der Waals surface area contributed by atoms with Crippen LogP contribution in [0.5, 0.6) is 0 Å². The van der Waals surface area contributed by atoms with Crippen LogP contribution in [0.1, 0.15) is 19.5 Å². The number of nitrogens with two attached hydrogens (primary N) is 1. The highest BCUT2D eigenvalue weighted by Crippen LogP contribution is 2.06. The zero-order valence-corrected chi connectivity index (χ0v) is 7.54. The van der Waals surface area contributed by atoms with Gasteiger partial charge in [0.2, 0.25) is 0 Å². The van der Waals surface area contributed by atoms with Crippen molar-refractivity contribution in [2.45, 2.75) is 26.4 Å². The zero-order valence-electron chi connectivity index (χ0n) is 7.54. The van der Waals surface area contributed by atoms with Gasteiger partial charge in [-0.2, -0.15) is 0 Å². The van der Waals surface area contributed by atoms with E-state index in [2.05, 4.69) is 24.1 Å². The Morgan fingerprint density at radius 1 is 1.50 bits per heavy atom. The van der Waals surface area contributed by atoms with Gasteiger partial charge in [0.15, 0.2) is 0 Å². The summed E-state index contributed by atoms with van der Waals surface area (Å²) in [7, 11) is 0. The average molecular weight is 165 g/mol. The van der Waals surface area contributed by atoms with Gasteiger partial charge in [0.25, 0.3) is 0 Å². The van der Waals surface area contributed by atoms with Crippen LogP contribution in [0.3, 0.4) is 0 Å². The van der Waals surface area contributed by atoms with E-state index in [9.17, 15) is 0 Å². The number of pyridine rings is 1. The van der Waals surface area contributed by atoms with Crippen LogP contribution >= 0.6 is 0 Å². The molecule has 0 bridgehead atoms. The van der Waals surface area contributed by atoms with E-state index in [1.807, 2.05) is 18.3 Å². The Morgan fingerprint density at radius 2 is 2.25 bits per heavy atom. The number of hydrogen-bond acceptors (Lipinski definition) is 3. The number of aromatic nitrogens is 1. The van der Waals surface area contributed by atoms with Gasteiger partial charge in [-0.3, -0.25) is 4.98 Å². The predicted molar refractivity (Wildman–Crippen MR) is 50.9 cm³/mol. The second-order valence-electron chi connectivity index (χ2n) is 3.04. The maximum atomic E-state index is 5.42. The molecular formula is C9H15N3. The Morgan fingerprint density at radius 3 is 2.67 bits per heavy atom. The molecule has 0 fully saturated rings. The van der Waals surface area contributed by atoms with Crippen molar-refractivity contribution >= 4 is 5.69 Å². The molecule has 1 aromatic heterocycles. The van der Waals surface area contributed by atoms with Gasteiger partial charge in [-0.1, -0.05) is 0 Å². The van der Waals surface area contributed by atoms with Gasteiger partial charge < -0.3 is 11.1 Å². The van der Waals surface area contributed by atoms with E-state index in [1.54, 1.807) is 0 Å². The Labute approximate surface area is 73.0 Å². The minimum absolute atomic E-state index is 0.440. The summed E-state index contributed by atoms with van der Waals surface area (Å²) >= 11 is 0. The Hall–Kier alpha value is -1.09. The van der Waals surface area contributed by atoms with E-state index in [-0.39, 0.29) is 0 Å². The summed E-state index contributed by atoms with van der Waals surface area (Å²) in [6.07, 6.45) is 1.81. The Kier molecular flexibility index (Phi) is 3.05. The van der Waals surface area contributed by atoms with Crippen molar-refractivity contribution < 1.29 is 0 Å². The van der Waals surface area contributed by atoms with Crippen LogP contribution in [0.4, 0.5) is 5.69 Å². The fraction of sp³-hybridized carbons (Fsp3) is 0.444. The molecule has 12 heavy (non-hydrogen) atoms. The smallest absolute Gasteiger partial charge is 0.0541 e. The van der Waals surface area contributed by atoms with E-state index in [0.717, 1.165) is 11.4 Å². The molecule has 0 saturated carbocycles. The number of anilines is 1. The molecule has 1 aromatic rings. The molecule has 1 heterocycles. The predicted octanol–water partition coefficient (Wildman–Crippen LogP) is 1.36. The fourth-order valence-corrected chi connectivity index (χ4v) is 0.964. The summed E-state index contributed by atoms with van der Waals surface area (Å²) in [5.41, 5.74) is 7.38. The summed E-state index contributed by atoms with van der Waals surface area (Å²) in [5.74, 6) is 0. The van der Waals surface area contributed by atoms with Crippen molar-refractivity contribution in [1.29, 1.82) is 0 Å². The van der Waals surface area contributed by atoms with Crippen LogP contribution in [0, 0.1) is 0 Å². The van der Waals surface area contributed by atoms with Crippen molar-refractivity contribution in [1.82, 2.24) is 4.98 Å². The first-order chi connectivity index (χ1) is 5.72. The molecule has 0 atom stereocenters. The molecule has 1 rings (SSSR count). The van der Waals surface area contributed by atoms with Crippen molar-refractivity contribution in [2.75, 3.05) is 5.32 Å². The minimum atomic E-state index is 0.440. The second kappa shape index (κ2) is 4.07. The number of nitrogens with one attached hydrogen (secondary N) is 1. The van der Waals surface area contributed by atoms with Gasteiger partial charge in [-0.25, -0.2) is 0 Å². The normalized spacial score (nSPS) is 10.3. The van der Waals surface area contributed by atoms with E-state index < -0.39 is 0 Å². The van der Waals surface area contributed by atoms with E-state index in [0.29, 0.717) is 12.6 Å². The molecule has 0 radical (unpaired) electrons. The molecule has 3 heteroatoms. The molecular weight excluding hydrogens is 150 g/mol. The van der Waals surface area contributed by atoms with Crippen molar-refractivity contribution in [3.05, 3.63) is 24.0 Å². The zero-order chi connectivity index (χ0) is 8.97. The first kappa shape index (κ1) is 9.00. The lowest BCUT2D eigenvalue weighted by Crippen LogP contribution is -2.10. The molecule has 0 spiro atoms. The van der Waals surface area contributed by atoms with Gasteiger partial charge in [-0.05, 0) is 26.0 Å². The van der Waals surface area contributed by atoms with Gasteiger partial charge in [0.05, 0.1) is 17.6 Å². The first-order valence-corrected chi connectivity index (χ1v) is 4.14. The lowest BCUT2D eigenvalue weighted by molar-refractivity contribution is 0.894. The fourth-order valence-electron chi connectivity index (χ4n) is 0.964. The van der Waals surface area contributed by atoms with E-state index in [4.69, 9.17) is 5.73 Å². The van der Waals surface area contributed by atoms with Crippen LogP contribution in [0.2, 0.25) is 0 Å². The standard InChI is InChI=1S/C9H15N3/c1-7(2)12-9-4-3-8(5-10)11-6-9/h3-4,6-7,12H,5,10H2,1-2H3. The average Bonchev–Trinajstić information content (AvgIpc) is 2.05. The van der Waals surface area contributed by atoms with Gasteiger partial charge in [-0.15, -0.1) is 0 Å². The molecule has 0 aliphatic rings. The van der Waals surface area contributed by atoms with Crippen molar-refractivity contribution in [3.8, 4) is 0 Å². The minimum Gasteiger partial charge on any atom is -0.382 e. The monoisotopic (exact) mass is 165 g/mol. The van der Waals surface area contributed by atoms with Crippen LogP contribution < -0.4 is 11.1 Å². The quantitative estimate of drug-likeness (QED) is 0.711. The molecule has 0 aliphatic carbocycles. The van der Waals surface area contributed by atoms with Crippen molar-refractivity contribution in [3.63, 3.8) is 0 Å². The van der Waals surface area contributed by atoms with E-state index in [1.165, 1.54) is 0 Å². The van der Waals surface area contributed by atoms with Gasteiger partial charge in [0, 0.05) is 12.6 Å². The number of hydrogen-bond donors (Lipinski definition) is 2. The largest absolute Gasteiger partial charge is 0.382 e. The molecule has 0 aliphatic heterocycles.